The van der Waals surface area contributed by atoms with E-state index >= 15 is 0 Å². The number of rotatable bonds is 32. The van der Waals surface area contributed by atoms with Crippen LogP contribution in [0.3, 0.4) is 0 Å². The number of hydrogen-bond acceptors (Lipinski definition) is 4. The normalized spacial score (nSPS) is 12.4. The van der Waals surface area contributed by atoms with Crippen molar-refractivity contribution in [3.63, 3.8) is 0 Å². The lowest BCUT2D eigenvalue weighted by atomic mass is 10.0. The fraction of sp³-hybridized carbons (Fsp3) is 0.838. The van der Waals surface area contributed by atoms with Crippen molar-refractivity contribution >= 4 is 23.5 Å². The molecule has 0 spiro atoms. The summed E-state index contributed by atoms with van der Waals surface area (Å²) >= 11 is 5.95. The summed E-state index contributed by atoms with van der Waals surface area (Å²) in [6.45, 7) is 4.55. The van der Waals surface area contributed by atoms with Crippen molar-refractivity contribution in [2.24, 2.45) is 0 Å². The summed E-state index contributed by atoms with van der Waals surface area (Å²) in [6.07, 6.45) is 38.6. The fourth-order valence-corrected chi connectivity index (χ4v) is 5.13. The summed E-state index contributed by atoms with van der Waals surface area (Å²) in [5, 5.41) is 0. The van der Waals surface area contributed by atoms with Crippen LogP contribution in [0.15, 0.2) is 24.3 Å². The Labute approximate surface area is 265 Å². The Kier molecular flexibility index (Phi) is 33.2. The van der Waals surface area contributed by atoms with Crippen LogP contribution in [0.5, 0.6) is 0 Å². The van der Waals surface area contributed by atoms with Crippen molar-refractivity contribution in [3.05, 3.63) is 24.3 Å². The van der Waals surface area contributed by atoms with Crippen molar-refractivity contribution in [2.45, 2.75) is 187 Å². The summed E-state index contributed by atoms with van der Waals surface area (Å²) in [6, 6.07) is 0. The molecule has 0 heterocycles. The Morgan fingerprint density at radius 2 is 0.952 bits per heavy atom. The zero-order chi connectivity index (χ0) is 30.8. The molecule has 0 aromatic carbocycles. The third kappa shape index (κ3) is 31.6. The highest BCUT2D eigenvalue weighted by Crippen LogP contribution is 2.14. The van der Waals surface area contributed by atoms with E-state index in [2.05, 4.69) is 38.2 Å². The molecule has 0 aromatic heterocycles. The minimum absolute atomic E-state index is 0.0503. The Hall–Kier alpha value is -1.29. The number of carbonyl (C=O) groups is 2. The van der Waals surface area contributed by atoms with Gasteiger partial charge in [-0.25, -0.2) is 0 Å². The zero-order valence-corrected chi connectivity index (χ0v) is 28.5. The Balaban J connectivity index is 3.59. The van der Waals surface area contributed by atoms with Crippen LogP contribution in [0.2, 0.25) is 0 Å². The summed E-state index contributed by atoms with van der Waals surface area (Å²) in [5.74, 6) is -0.336. The molecule has 1 unspecified atom stereocenters. The molecule has 0 rings (SSSR count). The molecule has 0 saturated carbocycles. The first-order valence-corrected chi connectivity index (χ1v) is 18.4. The molecule has 0 radical (unpaired) electrons. The van der Waals surface area contributed by atoms with Crippen LogP contribution in [-0.4, -0.2) is 30.5 Å². The second-order valence-corrected chi connectivity index (χ2v) is 12.2. The highest BCUT2D eigenvalue weighted by Gasteiger charge is 2.16. The van der Waals surface area contributed by atoms with Gasteiger partial charge in [0, 0.05) is 12.8 Å². The van der Waals surface area contributed by atoms with Crippen LogP contribution in [-0.2, 0) is 19.1 Å². The average Bonchev–Trinajstić information content (AvgIpc) is 2.99. The Bertz CT molecular complexity index is 646. The van der Waals surface area contributed by atoms with E-state index in [1.54, 1.807) is 0 Å². The van der Waals surface area contributed by atoms with Crippen LogP contribution in [0, 0.1) is 0 Å². The maximum atomic E-state index is 12.2. The van der Waals surface area contributed by atoms with Crippen LogP contribution < -0.4 is 0 Å². The number of unbranched alkanes of at least 4 members (excludes halogenated alkanes) is 20. The average molecular weight is 611 g/mol. The van der Waals surface area contributed by atoms with Crippen molar-refractivity contribution in [1.82, 2.24) is 0 Å². The number of alkyl halides is 1. The van der Waals surface area contributed by atoms with Crippen molar-refractivity contribution < 1.29 is 19.1 Å². The smallest absolute Gasteiger partial charge is 0.306 e. The van der Waals surface area contributed by atoms with Crippen LogP contribution in [0.4, 0.5) is 0 Å². The quantitative estimate of drug-likeness (QED) is 0.0329. The van der Waals surface area contributed by atoms with Gasteiger partial charge in [-0.1, -0.05) is 147 Å². The van der Waals surface area contributed by atoms with Crippen molar-refractivity contribution in [2.75, 3.05) is 12.5 Å². The zero-order valence-electron chi connectivity index (χ0n) is 27.7. The number of esters is 2. The van der Waals surface area contributed by atoms with Gasteiger partial charge in [0.05, 0.1) is 5.88 Å². The van der Waals surface area contributed by atoms with E-state index in [9.17, 15) is 9.59 Å². The molecule has 42 heavy (non-hydrogen) atoms. The van der Waals surface area contributed by atoms with E-state index in [1.165, 1.54) is 109 Å². The van der Waals surface area contributed by atoms with Gasteiger partial charge in [0.15, 0.2) is 0 Å². The molecule has 0 fully saturated rings. The van der Waals surface area contributed by atoms with Crippen LogP contribution >= 0.6 is 11.6 Å². The predicted molar refractivity (Wildman–Crippen MR) is 181 cm³/mol. The van der Waals surface area contributed by atoms with Crippen LogP contribution in [0.1, 0.15) is 181 Å². The van der Waals surface area contributed by atoms with Gasteiger partial charge in [0.1, 0.15) is 12.7 Å². The van der Waals surface area contributed by atoms with E-state index in [1.807, 2.05) is 0 Å². The van der Waals surface area contributed by atoms with E-state index in [4.69, 9.17) is 21.1 Å². The molecular weight excluding hydrogens is 544 g/mol. The van der Waals surface area contributed by atoms with Gasteiger partial charge in [-0.15, -0.1) is 11.6 Å². The van der Waals surface area contributed by atoms with E-state index in [0.717, 1.165) is 44.9 Å². The van der Waals surface area contributed by atoms with Gasteiger partial charge in [-0.2, -0.15) is 0 Å². The summed E-state index contributed by atoms with van der Waals surface area (Å²) in [7, 11) is 0. The van der Waals surface area contributed by atoms with Gasteiger partial charge in [-0.3, -0.25) is 9.59 Å². The van der Waals surface area contributed by atoms with Gasteiger partial charge in [-0.05, 0) is 44.9 Å². The van der Waals surface area contributed by atoms with E-state index < -0.39 is 6.10 Å². The fourth-order valence-electron chi connectivity index (χ4n) is 4.98. The number of halogens is 1. The lowest BCUT2D eigenvalue weighted by molar-refractivity contribution is -0.157. The van der Waals surface area contributed by atoms with E-state index in [0.29, 0.717) is 12.8 Å². The third-order valence-corrected chi connectivity index (χ3v) is 8.06. The first kappa shape index (κ1) is 40.7. The lowest BCUT2D eigenvalue weighted by Crippen LogP contribution is -2.26. The second-order valence-electron chi connectivity index (χ2n) is 11.9. The molecule has 0 saturated heterocycles. The van der Waals surface area contributed by atoms with Gasteiger partial charge in [0.25, 0.3) is 0 Å². The summed E-state index contributed by atoms with van der Waals surface area (Å²) in [4.78, 5) is 24.2. The molecule has 0 aliphatic heterocycles. The maximum Gasteiger partial charge on any atom is 0.306 e. The van der Waals surface area contributed by atoms with Gasteiger partial charge in [0.2, 0.25) is 0 Å². The second kappa shape index (κ2) is 34.2. The first-order chi connectivity index (χ1) is 20.6. The maximum absolute atomic E-state index is 12.2. The molecule has 1 atom stereocenters. The summed E-state index contributed by atoms with van der Waals surface area (Å²) < 4.78 is 10.8. The SMILES string of the molecule is CCCCC/C=C\C/C=C\CCCCCCCC(=O)OC(CCl)COC(=O)CCCCCCCCCCCCCCC. The van der Waals surface area contributed by atoms with Crippen molar-refractivity contribution in [3.8, 4) is 0 Å². The molecule has 0 bridgehead atoms. The highest BCUT2D eigenvalue weighted by atomic mass is 35.5. The molecule has 0 amide bonds. The third-order valence-electron chi connectivity index (χ3n) is 7.72. The molecular formula is C37H67ClO4. The van der Waals surface area contributed by atoms with Crippen LogP contribution in [0.25, 0.3) is 0 Å². The topological polar surface area (TPSA) is 52.6 Å². The lowest BCUT2D eigenvalue weighted by Gasteiger charge is -2.15. The largest absolute Gasteiger partial charge is 0.462 e. The number of ether oxygens (including phenoxy) is 2. The monoisotopic (exact) mass is 610 g/mol. The number of allylic oxidation sites excluding steroid dienone is 4. The summed E-state index contributed by atoms with van der Waals surface area (Å²) in [5.41, 5.74) is 0. The van der Waals surface area contributed by atoms with Gasteiger partial charge >= 0.3 is 11.9 Å². The van der Waals surface area contributed by atoms with Gasteiger partial charge < -0.3 is 9.47 Å². The molecule has 0 aliphatic carbocycles. The molecule has 246 valence electrons. The van der Waals surface area contributed by atoms with Crippen molar-refractivity contribution in [1.29, 1.82) is 0 Å². The molecule has 5 heteroatoms. The molecule has 4 nitrogen and oxygen atoms in total. The molecule has 0 N–H and O–H groups in total. The standard InChI is InChI=1S/C37H67ClO4/c1-3-5-7-9-11-13-15-17-18-20-22-24-26-28-30-32-37(40)42-35(33-38)34-41-36(39)31-29-27-25-23-21-19-16-14-12-10-8-6-4-2/h11,13,17-18,35H,3-10,12,14-16,19-34H2,1-2H3/b13-11-,18-17-. The minimum Gasteiger partial charge on any atom is -0.462 e. The highest BCUT2D eigenvalue weighted by molar-refractivity contribution is 6.18. The first-order valence-electron chi connectivity index (χ1n) is 17.8. The Morgan fingerprint density at radius 1 is 0.548 bits per heavy atom. The van der Waals surface area contributed by atoms with E-state index in [-0.39, 0.29) is 24.4 Å². The Morgan fingerprint density at radius 3 is 1.45 bits per heavy atom. The number of carbonyl (C=O) groups excluding carboxylic acids is 2. The number of hydrogen-bond donors (Lipinski definition) is 0. The molecule has 0 aromatic rings. The predicted octanol–water partition coefficient (Wildman–Crippen LogP) is 12.0. The minimum atomic E-state index is -0.562. The molecule has 0 aliphatic rings.